The van der Waals surface area contributed by atoms with Crippen molar-refractivity contribution in [1.29, 1.82) is 0 Å². The number of H-pyrrole nitrogens is 2. The van der Waals surface area contributed by atoms with Crippen molar-refractivity contribution < 1.29 is 28.6 Å². The molecule has 2 bridgehead atoms. The number of aromatic hydroxyl groups is 1. The van der Waals surface area contributed by atoms with E-state index in [9.17, 15) is 33.4 Å². The maximum atomic E-state index is 14.6. The number of halogens is 2. The average Bonchev–Trinajstić information content (AvgIpc) is 3.16. The average molecular weight is 797 g/mol. The third-order valence-electron chi connectivity index (χ3n) is 10.7. The molecule has 0 amide bonds. The Hall–Kier alpha value is -5.97. The van der Waals surface area contributed by atoms with Crippen LogP contribution in [-0.2, 0) is 13.1 Å². The van der Waals surface area contributed by atoms with Crippen LogP contribution in [0.3, 0.4) is 0 Å². The maximum absolute atomic E-state index is 14.6. The lowest BCUT2D eigenvalue weighted by Crippen LogP contribution is -3.13. The van der Waals surface area contributed by atoms with Gasteiger partial charge in [-0.15, -0.1) is 0 Å². The molecule has 1 saturated heterocycles. The van der Waals surface area contributed by atoms with E-state index in [4.69, 9.17) is 29.2 Å². The smallest absolute Gasteiger partial charge is 0.259 e. The van der Waals surface area contributed by atoms with Crippen molar-refractivity contribution in [1.82, 2.24) is 23.7 Å². The van der Waals surface area contributed by atoms with Crippen molar-refractivity contribution in [3.63, 3.8) is 0 Å². The van der Waals surface area contributed by atoms with Gasteiger partial charge in [-0.2, -0.15) is 0 Å². The molecule has 5 heterocycles. The summed E-state index contributed by atoms with van der Waals surface area (Å²) >= 11 is 10.8. The number of piperidine rings is 1. The van der Waals surface area contributed by atoms with Gasteiger partial charge in [-0.1, -0.05) is 12.1 Å². The molecule has 16 heteroatoms. The van der Waals surface area contributed by atoms with E-state index < -0.39 is 51.6 Å². The summed E-state index contributed by atoms with van der Waals surface area (Å²) < 4.78 is 37.2. The molecule has 6 aromatic rings. The fraction of sp³-hybridized carbons (Fsp3) is 0.225. The Morgan fingerprint density at radius 1 is 0.875 bits per heavy atom. The van der Waals surface area contributed by atoms with Gasteiger partial charge in [0.15, 0.2) is 9.54 Å². The molecule has 56 heavy (non-hydrogen) atoms. The number of likely N-dealkylation sites (tertiary alicyclic amines) is 1. The fourth-order valence-electron chi connectivity index (χ4n) is 8.37. The lowest BCUT2D eigenvalue weighted by Gasteiger charge is -2.40. The number of aromatic nitrogens is 5. The molecule has 3 aromatic heterocycles. The highest BCUT2D eigenvalue weighted by molar-refractivity contribution is 7.71. The van der Waals surface area contributed by atoms with Gasteiger partial charge in [0.25, 0.3) is 16.7 Å². The number of pyridine rings is 1. The minimum absolute atomic E-state index is 0.0123. The molecular weight excluding hydrogens is 763 g/mol. The summed E-state index contributed by atoms with van der Waals surface area (Å²) in [6, 6.07) is 20.3. The molecule has 4 atom stereocenters. The highest BCUT2D eigenvalue weighted by Crippen LogP contribution is 2.39. The van der Waals surface area contributed by atoms with E-state index in [2.05, 4.69) is 9.97 Å². The minimum Gasteiger partial charge on any atom is -0.859 e. The van der Waals surface area contributed by atoms with Gasteiger partial charge in [-0.25, -0.2) is 8.78 Å². The summed E-state index contributed by atoms with van der Waals surface area (Å²) in [6.45, 7) is 2.58. The Balaban J connectivity index is 1.32. The molecule has 2 unspecified atom stereocenters. The number of nitrogens with zero attached hydrogens (tertiary/aromatic N) is 3. The SMILES string of the molecule is COc1ccc(C(c2c([O-])n(-c3ccc(F)cc3)c(=S)[nH]c2=O)c2c(O)n(-c3ccc(F)cc3)c(=S)[nH]c2=O)cc1C[NH+]1C[C@@H]2C[C@@H](C1)c1cccc(=O)n1C2. The number of hydrogen-bond acceptors (Lipinski definition) is 8. The molecule has 12 nitrogen and oxygen atoms in total. The first-order valence-corrected chi connectivity index (χ1v) is 18.6. The number of fused-ring (bicyclic) bond motifs is 4. The van der Waals surface area contributed by atoms with Crippen LogP contribution < -0.4 is 31.4 Å². The second-order valence-electron chi connectivity index (χ2n) is 14.1. The Kier molecular flexibility index (Phi) is 9.64. The number of methoxy groups -OCH3 is 1. The summed E-state index contributed by atoms with van der Waals surface area (Å²) in [5.74, 6) is -3.32. The van der Waals surface area contributed by atoms with Crippen molar-refractivity contribution in [3.8, 4) is 28.9 Å². The lowest BCUT2D eigenvalue weighted by atomic mass is 9.82. The van der Waals surface area contributed by atoms with Crippen LogP contribution in [0.5, 0.6) is 17.5 Å². The third kappa shape index (κ3) is 6.58. The van der Waals surface area contributed by atoms with Crippen molar-refractivity contribution in [2.75, 3.05) is 20.2 Å². The van der Waals surface area contributed by atoms with Crippen LogP contribution in [0.2, 0.25) is 0 Å². The topological polar surface area (TPSA) is 155 Å². The highest BCUT2D eigenvalue weighted by atomic mass is 32.1. The van der Waals surface area contributed by atoms with E-state index in [0.717, 1.165) is 58.6 Å². The van der Waals surface area contributed by atoms with Gasteiger partial charge in [0.1, 0.15) is 23.9 Å². The predicted molar refractivity (Wildman–Crippen MR) is 205 cm³/mol. The molecule has 0 aliphatic carbocycles. The Bertz CT molecular complexity index is 2690. The molecule has 286 valence electrons. The van der Waals surface area contributed by atoms with Crippen LogP contribution in [0.25, 0.3) is 11.4 Å². The standard InChI is InChI=1S/C40H34F2N6O6S2/c1-54-30-14-5-22(16-24(30)20-45-17-21-15-23(19-45)29-3-2-4-31(49)46(29)18-21)32(33-35(50)43-39(55)47(37(33)52)27-10-6-25(41)7-11-27)34-36(51)44-40(56)48(38(34)53)28-12-8-26(42)9-13-28/h2-14,16,21,23,32,52-53H,15,17-20H2,1H3,(H,43,50,55)(H,44,51,56)/t21-,23-/m0/s1. The van der Waals surface area contributed by atoms with Gasteiger partial charge in [0, 0.05) is 47.0 Å². The van der Waals surface area contributed by atoms with Crippen LogP contribution in [-0.4, -0.2) is 49.0 Å². The number of ether oxygens (including phenoxy) is 1. The quantitative estimate of drug-likeness (QED) is 0.170. The largest absolute Gasteiger partial charge is 0.859 e. The monoisotopic (exact) mass is 796 g/mol. The zero-order chi connectivity index (χ0) is 39.4. The van der Waals surface area contributed by atoms with E-state index in [-0.39, 0.29) is 43.9 Å². The summed E-state index contributed by atoms with van der Waals surface area (Å²) in [6.07, 6.45) is 0.961. The minimum atomic E-state index is -1.53. The zero-order valence-corrected chi connectivity index (χ0v) is 31.4. The van der Waals surface area contributed by atoms with Crippen molar-refractivity contribution in [2.24, 2.45) is 5.92 Å². The molecule has 8 rings (SSSR count). The summed E-state index contributed by atoms with van der Waals surface area (Å²) in [7, 11) is 1.53. The molecule has 1 fully saturated rings. The molecule has 2 aliphatic heterocycles. The molecule has 3 aromatic carbocycles. The normalized spacial score (nSPS) is 17.9. The first-order valence-electron chi connectivity index (χ1n) is 17.8. The number of nitrogens with one attached hydrogen (secondary N) is 3. The van der Waals surface area contributed by atoms with E-state index in [0.29, 0.717) is 24.4 Å². The molecular formula is C40H34F2N6O6S2. The van der Waals surface area contributed by atoms with Gasteiger partial charge < -0.3 is 29.0 Å². The number of quaternary nitrogens is 1. The second-order valence-corrected chi connectivity index (χ2v) is 14.9. The fourth-order valence-corrected chi connectivity index (χ4v) is 8.93. The molecule has 0 spiro atoms. The zero-order valence-electron chi connectivity index (χ0n) is 29.8. The third-order valence-corrected chi connectivity index (χ3v) is 11.3. The number of benzene rings is 3. The molecule has 4 N–H and O–H groups in total. The van der Waals surface area contributed by atoms with Crippen LogP contribution >= 0.6 is 24.4 Å². The molecule has 0 radical (unpaired) electrons. The summed E-state index contributed by atoms with van der Waals surface area (Å²) in [5, 5.41) is 26.6. The molecule has 0 saturated carbocycles. The summed E-state index contributed by atoms with van der Waals surface area (Å²) in [5.41, 5.74) is -0.347. The lowest BCUT2D eigenvalue weighted by molar-refractivity contribution is -0.924. The summed E-state index contributed by atoms with van der Waals surface area (Å²) in [4.78, 5) is 47.0. The van der Waals surface area contributed by atoms with E-state index in [1.807, 2.05) is 10.6 Å². The van der Waals surface area contributed by atoms with Gasteiger partial charge >= 0.3 is 0 Å². The Labute approximate surface area is 327 Å². The Morgan fingerprint density at radius 2 is 1.50 bits per heavy atom. The highest BCUT2D eigenvalue weighted by Gasteiger charge is 2.38. The van der Waals surface area contributed by atoms with Crippen molar-refractivity contribution in [2.45, 2.75) is 31.3 Å². The second kappa shape index (κ2) is 14.6. The molecule has 2 aliphatic rings. The maximum Gasteiger partial charge on any atom is 0.259 e. The predicted octanol–water partition coefficient (Wildman–Crippen LogP) is 3.71. The van der Waals surface area contributed by atoms with Gasteiger partial charge in [-0.3, -0.25) is 28.9 Å². The first kappa shape index (κ1) is 37.0. The van der Waals surface area contributed by atoms with Crippen molar-refractivity contribution >= 4 is 24.4 Å². The van der Waals surface area contributed by atoms with Crippen LogP contribution in [0.1, 0.15) is 46.2 Å². The van der Waals surface area contributed by atoms with Gasteiger partial charge in [0.05, 0.1) is 37.4 Å². The van der Waals surface area contributed by atoms with Crippen LogP contribution in [0.15, 0.2) is 99.3 Å². The number of rotatable bonds is 8. The van der Waals surface area contributed by atoms with Gasteiger partial charge in [-0.05, 0) is 109 Å². The van der Waals surface area contributed by atoms with E-state index >= 15 is 0 Å². The number of hydrogen-bond donors (Lipinski definition) is 4. The first-order chi connectivity index (χ1) is 26.9. The Morgan fingerprint density at radius 3 is 2.16 bits per heavy atom. The van der Waals surface area contributed by atoms with Crippen molar-refractivity contribution in [3.05, 3.63) is 165 Å². The van der Waals surface area contributed by atoms with Crippen LogP contribution in [0, 0.1) is 27.1 Å². The van der Waals surface area contributed by atoms with E-state index in [1.54, 1.807) is 30.3 Å². The van der Waals surface area contributed by atoms with E-state index in [1.165, 1.54) is 36.3 Å². The number of aromatic amines is 2. The van der Waals surface area contributed by atoms with Crippen LogP contribution in [0.4, 0.5) is 8.78 Å². The van der Waals surface area contributed by atoms with Gasteiger partial charge in [0.2, 0.25) is 5.88 Å².